The molecule has 0 spiro atoms. The summed E-state index contributed by atoms with van der Waals surface area (Å²) >= 11 is 0. The number of carbonyl (C=O) groups is 1. The van der Waals surface area contributed by atoms with Crippen LogP contribution in [0.1, 0.15) is 56.8 Å². The number of rotatable bonds is 3. The van der Waals surface area contributed by atoms with Gasteiger partial charge in [-0.25, -0.2) is 4.68 Å². The van der Waals surface area contributed by atoms with Gasteiger partial charge < -0.3 is 10.4 Å². The van der Waals surface area contributed by atoms with Gasteiger partial charge in [0.2, 0.25) is 0 Å². The van der Waals surface area contributed by atoms with Gasteiger partial charge in [0.05, 0.1) is 11.1 Å². The molecule has 6 nitrogen and oxygen atoms in total. The van der Waals surface area contributed by atoms with Crippen molar-refractivity contribution in [1.29, 1.82) is 0 Å². The molecule has 1 aliphatic carbocycles. The van der Waals surface area contributed by atoms with Gasteiger partial charge in [-0.3, -0.25) is 4.79 Å². The Kier molecular flexibility index (Phi) is 4.58. The second-order valence-electron chi connectivity index (χ2n) is 8.46. The molecule has 3 rings (SSSR count). The fourth-order valence-electron chi connectivity index (χ4n) is 3.73. The lowest BCUT2D eigenvalue weighted by Crippen LogP contribution is -2.46. The second kappa shape index (κ2) is 6.41. The molecule has 0 radical (unpaired) electrons. The van der Waals surface area contributed by atoms with E-state index in [9.17, 15) is 9.90 Å². The maximum atomic E-state index is 12.4. The van der Waals surface area contributed by atoms with Crippen molar-refractivity contribution in [3.8, 4) is 0 Å². The molecule has 2 N–H and O–H groups in total. The SMILES string of the molecule is Cn1nnc2cc(C(=O)NCC3(O)CCC(C(C)(C)C)CC3)ccc21. The minimum absolute atomic E-state index is 0.182. The van der Waals surface area contributed by atoms with Gasteiger partial charge in [-0.05, 0) is 55.2 Å². The first-order chi connectivity index (χ1) is 11.7. The van der Waals surface area contributed by atoms with Crippen molar-refractivity contribution in [2.45, 2.75) is 52.1 Å². The van der Waals surface area contributed by atoms with E-state index in [0.717, 1.165) is 31.2 Å². The van der Waals surface area contributed by atoms with Crippen LogP contribution in [-0.4, -0.2) is 38.2 Å². The van der Waals surface area contributed by atoms with E-state index in [4.69, 9.17) is 0 Å². The van der Waals surface area contributed by atoms with Crippen molar-refractivity contribution in [2.24, 2.45) is 18.4 Å². The molecule has 6 heteroatoms. The maximum Gasteiger partial charge on any atom is 0.251 e. The number of carbonyl (C=O) groups excluding carboxylic acids is 1. The van der Waals surface area contributed by atoms with Gasteiger partial charge >= 0.3 is 0 Å². The van der Waals surface area contributed by atoms with Gasteiger partial charge in [-0.15, -0.1) is 5.10 Å². The van der Waals surface area contributed by atoms with Gasteiger partial charge in [0.25, 0.3) is 5.91 Å². The number of hydrogen-bond donors (Lipinski definition) is 2. The summed E-state index contributed by atoms with van der Waals surface area (Å²) in [7, 11) is 1.82. The van der Waals surface area contributed by atoms with Gasteiger partial charge in [0, 0.05) is 19.2 Å². The number of aromatic nitrogens is 3. The van der Waals surface area contributed by atoms with E-state index in [1.165, 1.54) is 0 Å². The van der Waals surface area contributed by atoms with Crippen molar-refractivity contribution in [3.63, 3.8) is 0 Å². The molecule has 0 unspecified atom stereocenters. The Morgan fingerprint density at radius 3 is 2.68 bits per heavy atom. The average molecular weight is 344 g/mol. The molecule has 0 aliphatic heterocycles. The third-order valence-electron chi connectivity index (χ3n) is 5.59. The van der Waals surface area contributed by atoms with Gasteiger partial charge in [0.15, 0.2) is 0 Å². The molecule has 1 amide bonds. The first kappa shape index (κ1) is 17.9. The standard InChI is InChI=1S/C19H28N4O2/c1-18(2,3)14-7-9-19(25,10-8-14)12-20-17(24)13-5-6-16-15(11-13)21-22-23(16)4/h5-6,11,14,25H,7-10,12H2,1-4H3,(H,20,24). The molecule has 0 atom stereocenters. The molecule has 1 aromatic carbocycles. The summed E-state index contributed by atoms with van der Waals surface area (Å²) in [5.41, 5.74) is 1.60. The van der Waals surface area contributed by atoms with Crippen LogP contribution in [0, 0.1) is 11.3 Å². The van der Waals surface area contributed by atoms with E-state index in [-0.39, 0.29) is 11.3 Å². The molecule has 2 aromatic rings. The fourth-order valence-corrected chi connectivity index (χ4v) is 3.73. The Bertz CT molecular complexity index is 767. The number of fused-ring (bicyclic) bond motifs is 1. The lowest BCUT2D eigenvalue weighted by molar-refractivity contribution is -0.0228. The molecule has 1 heterocycles. The number of nitrogens with one attached hydrogen (secondary N) is 1. The first-order valence-corrected chi connectivity index (χ1v) is 8.98. The lowest BCUT2D eigenvalue weighted by Gasteiger charge is -2.41. The summed E-state index contributed by atoms with van der Waals surface area (Å²) in [5, 5.41) is 21.7. The molecule has 0 saturated heterocycles. The van der Waals surface area contributed by atoms with Crippen molar-refractivity contribution >= 4 is 16.9 Å². The van der Waals surface area contributed by atoms with Gasteiger partial charge in [-0.2, -0.15) is 0 Å². The van der Waals surface area contributed by atoms with Crippen molar-refractivity contribution in [3.05, 3.63) is 23.8 Å². The van der Waals surface area contributed by atoms with Crippen molar-refractivity contribution in [1.82, 2.24) is 20.3 Å². The quantitative estimate of drug-likeness (QED) is 0.897. The highest BCUT2D eigenvalue weighted by Gasteiger charge is 2.37. The smallest absolute Gasteiger partial charge is 0.251 e. The van der Waals surface area contributed by atoms with E-state index in [2.05, 4.69) is 36.4 Å². The number of nitrogens with zero attached hydrogens (tertiary/aromatic N) is 3. The van der Waals surface area contributed by atoms with Crippen molar-refractivity contribution in [2.75, 3.05) is 6.54 Å². The molecular formula is C19H28N4O2. The topological polar surface area (TPSA) is 80.0 Å². The van der Waals surface area contributed by atoms with Crippen LogP contribution in [0.5, 0.6) is 0 Å². The molecule has 1 fully saturated rings. The molecule has 136 valence electrons. The molecule has 0 bridgehead atoms. The summed E-state index contributed by atoms with van der Waals surface area (Å²) in [6, 6.07) is 5.34. The summed E-state index contributed by atoms with van der Waals surface area (Å²) < 4.78 is 1.67. The lowest BCUT2D eigenvalue weighted by atomic mass is 9.68. The van der Waals surface area contributed by atoms with Crippen LogP contribution in [0.2, 0.25) is 0 Å². The zero-order chi connectivity index (χ0) is 18.2. The number of aliphatic hydroxyl groups is 1. The zero-order valence-electron chi connectivity index (χ0n) is 15.5. The van der Waals surface area contributed by atoms with E-state index in [1.54, 1.807) is 16.8 Å². The molecule has 1 aliphatic rings. The zero-order valence-corrected chi connectivity index (χ0v) is 15.5. The van der Waals surface area contributed by atoms with Crippen LogP contribution >= 0.6 is 0 Å². The predicted octanol–water partition coefficient (Wildman–Crippen LogP) is 2.67. The number of hydrogen-bond acceptors (Lipinski definition) is 4. The summed E-state index contributed by atoms with van der Waals surface area (Å²) in [6.07, 6.45) is 3.47. The normalized spacial score (nSPS) is 24.4. The van der Waals surface area contributed by atoms with Crippen LogP contribution in [0.15, 0.2) is 18.2 Å². The minimum Gasteiger partial charge on any atom is -0.388 e. The number of amides is 1. The van der Waals surface area contributed by atoms with Crippen LogP contribution < -0.4 is 5.32 Å². The Labute approximate surface area is 148 Å². The highest BCUT2D eigenvalue weighted by atomic mass is 16.3. The van der Waals surface area contributed by atoms with Crippen LogP contribution in [0.3, 0.4) is 0 Å². The third kappa shape index (κ3) is 3.84. The average Bonchev–Trinajstić information content (AvgIpc) is 2.93. The van der Waals surface area contributed by atoms with E-state index < -0.39 is 5.60 Å². The van der Waals surface area contributed by atoms with Crippen molar-refractivity contribution < 1.29 is 9.90 Å². The Morgan fingerprint density at radius 2 is 2.04 bits per heavy atom. The maximum absolute atomic E-state index is 12.4. The monoisotopic (exact) mass is 344 g/mol. The third-order valence-corrected chi connectivity index (χ3v) is 5.59. The molecule has 25 heavy (non-hydrogen) atoms. The largest absolute Gasteiger partial charge is 0.388 e. The Hall–Kier alpha value is -1.95. The first-order valence-electron chi connectivity index (χ1n) is 8.98. The summed E-state index contributed by atoms with van der Waals surface area (Å²) in [6.45, 7) is 7.06. The van der Waals surface area contributed by atoms with Crippen LogP contribution in [0.25, 0.3) is 11.0 Å². The number of aryl methyl sites for hydroxylation is 1. The minimum atomic E-state index is -0.798. The van der Waals surface area contributed by atoms with E-state index in [0.29, 0.717) is 23.5 Å². The molecular weight excluding hydrogens is 316 g/mol. The Morgan fingerprint density at radius 1 is 1.36 bits per heavy atom. The Balaban J connectivity index is 1.60. The number of benzene rings is 1. The predicted molar refractivity (Wildman–Crippen MR) is 97.2 cm³/mol. The fraction of sp³-hybridized carbons (Fsp3) is 0.632. The van der Waals surface area contributed by atoms with E-state index >= 15 is 0 Å². The highest BCUT2D eigenvalue weighted by molar-refractivity contribution is 5.97. The second-order valence-corrected chi connectivity index (χ2v) is 8.46. The summed E-state index contributed by atoms with van der Waals surface area (Å²) in [5.74, 6) is 0.446. The van der Waals surface area contributed by atoms with E-state index in [1.807, 2.05) is 13.1 Å². The van der Waals surface area contributed by atoms with Gasteiger partial charge in [-0.1, -0.05) is 26.0 Å². The highest BCUT2D eigenvalue weighted by Crippen LogP contribution is 2.41. The summed E-state index contributed by atoms with van der Waals surface area (Å²) in [4.78, 5) is 12.4. The van der Waals surface area contributed by atoms with Gasteiger partial charge in [0.1, 0.15) is 5.52 Å². The van der Waals surface area contributed by atoms with Crippen LogP contribution in [-0.2, 0) is 7.05 Å². The molecule has 1 aromatic heterocycles. The molecule has 1 saturated carbocycles. The van der Waals surface area contributed by atoms with Crippen LogP contribution in [0.4, 0.5) is 0 Å².